The van der Waals surface area contributed by atoms with Gasteiger partial charge in [0.25, 0.3) is 5.91 Å². The minimum Gasteiger partial charge on any atom is -0.346 e. The molecule has 2 heterocycles. The lowest BCUT2D eigenvalue weighted by molar-refractivity contribution is 0.0917. The molecule has 4 rings (SSSR count). The van der Waals surface area contributed by atoms with Crippen molar-refractivity contribution in [2.75, 3.05) is 11.5 Å². The van der Waals surface area contributed by atoms with E-state index in [-0.39, 0.29) is 17.4 Å². The van der Waals surface area contributed by atoms with Gasteiger partial charge < -0.3 is 9.88 Å². The monoisotopic (exact) mass is 382 g/mol. The number of carbonyl (C=O) groups excluding carboxylic acids is 1. The summed E-state index contributed by atoms with van der Waals surface area (Å²) in [6.07, 6.45) is 2.31. The summed E-state index contributed by atoms with van der Waals surface area (Å²) in [6, 6.07) is 17.9. The number of sulfone groups is 1. The molecule has 0 spiro atoms. The van der Waals surface area contributed by atoms with E-state index in [2.05, 4.69) is 22.0 Å². The highest BCUT2D eigenvalue weighted by molar-refractivity contribution is 7.91. The molecule has 1 aliphatic rings. The zero-order chi connectivity index (χ0) is 19.1. The molecule has 1 aliphatic heterocycles. The van der Waals surface area contributed by atoms with Gasteiger partial charge in [-0.2, -0.15) is 0 Å². The number of benzene rings is 2. The molecule has 3 aromatic rings. The van der Waals surface area contributed by atoms with E-state index in [1.165, 1.54) is 0 Å². The highest BCUT2D eigenvalue weighted by atomic mass is 32.2. The Hall–Kier alpha value is -2.60. The van der Waals surface area contributed by atoms with E-state index in [0.717, 1.165) is 16.5 Å². The average molecular weight is 382 g/mol. The van der Waals surface area contributed by atoms with Gasteiger partial charge in [-0.25, -0.2) is 8.42 Å². The van der Waals surface area contributed by atoms with Crippen LogP contribution in [0, 0.1) is 0 Å². The third-order valence-electron chi connectivity index (χ3n) is 5.15. The van der Waals surface area contributed by atoms with E-state index < -0.39 is 15.4 Å². The quantitative estimate of drug-likeness (QED) is 0.754. The van der Waals surface area contributed by atoms with Crippen molar-refractivity contribution in [1.29, 1.82) is 0 Å². The second kappa shape index (κ2) is 6.53. The van der Waals surface area contributed by atoms with Crippen LogP contribution in [0.1, 0.15) is 29.3 Å². The largest absolute Gasteiger partial charge is 0.346 e. The minimum absolute atomic E-state index is 0.00556. The Labute approximate surface area is 158 Å². The zero-order valence-corrected chi connectivity index (χ0v) is 16.0. The molecule has 140 valence electrons. The first kappa shape index (κ1) is 17.8. The van der Waals surface area contributed by atoms with Crippen LogP contribution in [0.25, 0.3) is 10.9 Å². The molecule has 2 aromatic carbocycles. The molecular weight excluding hydrogens is 360 g/mol. The van der Waals surface area contributed by atoms with Crippen LogP contribution in [0.2, 0.25) is 0 Å². The number of rotatable bonds is 4. The summed E-state index contributed by atoms with van der Waals surface area (Å²) in [4.78, 5) is 13.0. The number of hydrogen-bond donors (Lipinski definition) is 1. The molecular formula is C21H22N2O3S. The molecule has 1 N–H and O–H groups in total. The Morgan fingerprint density at radius 1 is 1.11 bits per heavy atom. The highest BCUT2D eigenvalue weighted by Crippen LogP contribution is 2.26. The van der Waals surface area contributed by atoms with E-state index in [0.29, 0.717) is 18.5 Å². The molecule has 5 nitrogen and oxygen atoms in total. The maximum absolute atomic E-state index is 13.0. The molecule has 1 aromatic heterocycles. The summed E-state index contributed by atoms with van der Waals surface area (Å²) in [5.41, 5.74) is 2.00. The maximum atomic E-state index is 13.0. The van der Waals surface area contributed by atoms with Crippen molar-refractivity contribution >= 4 is 26.6 Å². The van der Waals surface area contributed by atoms with Gasteiger partial charge >= 0.3 is 0 Å². The lowest BCUT2D eigenvalue weighted by atomic mass is 10.0. The maximum Gasteiger partial charge on any atom is 0.253 e. The minimum atomic E-state index is -3.08. The summed E-state index contributed by atoms with van der Waals surface area (Å²) < 4.78 is 25.7. The van der Waals surface area contributed by atoms with E-state index >= 15 is 0 Å². The van der Waals surface area contributed by atoms with Crippen molar-refractivity contribution in [1.82, 2.24) is 9.88 Å². The van der Waals surface area contributed by atoms with Gasteiger partial charge in [-0.15, -0.1) is 0 Å². The number of fused-ring (bicyclic) bond motifs is 1. The Morgan fingerprint density at radius 3 is 2.52 bits per heavy atom. The second-order valence-electron chi connectivity index (χ2n) is 7.53. The molecule has 0 radical (unpaired) electrons. The lowest BCUT2D eigenvalue weighted by Gasteiger charge is -2.23. The van der Waals surface area contributed by atoms with Crippen molar-refractivity contribution < 1.29 is 13.2 Å². The molecule has 0 bridgehead atoms. The predicted octanol–water partition coefficient (Wildman–Crippen LogP) is 3.00. The summed E-state index contributed by atoms with van der Waals surface area (Å²) >= 11 is 0. The van der Waals surface area contributed by atoms with Crippen LogP contribution in [0.4, 0.5) is 0 Å². The van der Waals surface area contributed by atoms with Crippen molar-refractivity contribution in [3.05, 3.63) is 71.9 Å². The number of aromatic nitrogens is 1. The molecule has 1 atom stereocenters. The Bertz CT molecular complexity index is 1100. The van der Waals surface area contributed by atoms with Gasteiger partial charge in [-0.05, 0) is 25.0 Å². The van der Waals surface area contributed by atoms with Crippen molar-refractivity contribution in [2.45, 2.75) is 25.4 Å². The van der Waals surface area contributed by atoms with Gasteiger partial charge in [0.05, 0.1) is 22.6 Å². The first-order valence-corrected chi connectivity index (χ1v) is 10.8. The highest BCUT2D eigenvalue weighted by Gasteiger charge is 2.39. The fourth-order valence-corrected chi connectivity index (χ4v) is 5.88. The van der Waals surface area contributed by atoms with Crippen LogP contribution in [0.5, 0.6) is 0 Å². The first-order valence-electron chi connectivity index (χ1n) is 9.00. The number of nitrogens with zero attached hydrogens (tertiary/aromatic N) is 1. The topological polar surface area (TPSA) is 68.2 Å². The van der Waals surface area contributed by atoms with E-state index in [9.17, 15) is 13.2 Å². The van der Waals surface area contributed by atoms with Crippen LogP contribution in [-0.4, -0.2) is 35.9 Å². The van der Waals surface area contributed by atoms with Gasteiger partial charge in [0, 0.05) is 23.6 Å². The average Bonchev–Trinajstić information content (AvgIpc) is 3.13. The molecule has 27 heavy (non-hydrogen) atoms. The molecule has 1 fully saturated rings. The molecule has 1 amide bonds. The van der Waals surface area contributed by atoms with Crippen molar-refractivity contribution in [2.24, 2.45) is 0 Å². The normalized spacial score (nSPS) is 21.4. The number of amides is 1. The van der Waals surface area contributed by atoms with Gasteiger partial charge in [0.15, 0.2) is 9.84 Å². The van der Waals surface area contributed by atoms with Gasteiger partial charge in [0.1, 0.15) is 0 Å². The standard InChI is InChI=1S/C21H22N2O3S/c1-21(11-12-27(25,26)15-21)22-20(24)18-14-23(13-16-7-3-2-4-8-16)19-10-6-5-9-17(18)19/h2-10,14H,11-13,15H2,1H3,(H,22,24). The molecule has 6 heteroatoms. The Balaban J connectivity index is 1.67. The first-order chi connectivity index (χ1) is 12.9. The van der Waals surface area contributed by atoms with Gasteiger partial charge in [0.2, 0.25) is 0 Å². The fourth-order valence-electron chi connectivity index (χ4n) is 3.79. The van der Waals surface area contributed by atoms with E-state index in [1.54, 1.807) is 6.92 Å². The van der Waals surface area contributed by atoms with E-state index in [4.69, 9.17) is 0 Å². The Kier molecular flexibility index (Phi) is 4.30. The second-order valence-corrected chi connectivity index (χ2v) is 9.71. The van der Waals surface area contributed by atoms with Crippen molar-refractivity contribution in [3.63, 3.8) is 0 Å². The number of nitrogens with one attached hydrogen (secondary N) is 1. The van der Waals surface area contributed by atoms with E-state index in [1.807, 2.05) is 48.7 Å². The summed E-state index contributed by atoms with van der Waals surface area (Å²) in [6.45, 7) is 2.47. The van der Waals surface area contributed by atoms with Crippen LogP contribution in [-0.2, 0) is 16.4 Å². The summed E-state index contributed by atoms with van der Waals surface area (Å²) in [7, 11) is -3.08. The molecule has 1 unspecified atom stereocenters. The van der Waals surface area contributed by atoms with Crippen LogP contribution in [0.15, 0.2) is 60.8 Å². The number of para-hydroxylation sites is 1. The van der Waals surface area contributed by atoms with Crippen molar-refractivity contribution in [3.8, 4) is 0 Å². The smallest absolute Gasteiger partial charge is 0.253 e. The van der Waals surface area contributed by atoms with Crippen LogP contribution < -0.4 is 5.32 Å². The third kappa shape index (κ3) is 3.62. The van der Waals surface area contributed by atoms with Gasteiger partial charge in [-0.3, -0.25) is 4.79 Å². The van der Waals surface area contributed by atoms with Gasteiger partial charge in [-0.1, -0.05) is 48.5 Å². The number of carbonyl (C=O) groups is 1. The molecule has 0 saturated carbocycles. The summed E-state index contributed by atoms with van der Waals surface area (Å²) in [5.74, 6) is -0.105. The third-order valence-corrected chi connectivity index (χ3v) is 7.05. The zero-order valence-electron chi connectivity index (χ0n) is 15.2. The lowest BCUT2D eigenvalue weighted by Crippen LogP contribution is -2.46. The van der Waals surface area contributed by atoms with Crippen LogP contribution in [0.3, 0.4) is 0 Å². The fraction of sp³-hybridized carbons (Fsp3) is 0.286. The SMILES string of the molecule is CC1(NC(=O)c2cn(Cc3ccccc3)c3ccccc23)CCS(=O)(=O)C1. The Morgan fingerprint density at radius 2 is 1.81 bits per heavy atom. The molecule has 0 aliphatic carbocycles. The van der Waals surface area contributed by atoms with Crippen LogP contribution >= 0.6 is 0 Å². The summed E-state index contributed by atoms with van der Waals surface area (Å²) in [5, 5.41) is 3.84. The predicted molar refractivity (Wildman–Crippen MR) is 107 cm³/mol. The molecule has 1 saturated heterocycles. The number of hydrogen-bond acceptors (Lipinski definition) is 3.